The summed E-state index contributed by atoms with van der Waals surface area (Å²) in [5, 5.41) is 5.73. The first-order valence-electron chi connectivity index (χ1n) is 6.20. The average molecular weight is 322 g/mol. The summed E-state index contributed by atoms with van der Waals surface area (Å²) in [6.45, 7) is 3.51. The molecule has 4 nitrogen and oxygen atoms in total. The van der Waals surface area contributed by atoms with Gasteiger partial charge in [0.2, 0.25) is 0 Å². The van der Waals surface area contributed by atoms with Crippen LogP contribution in [-0.4, -0.2) is 34.5 Å². The van der Waals surface area contributed by atoms with Crippen LogP contribution in [0.5, 0.6) is 0 Å². The number of hydrogen-bond acceptors (Lipinski definition) is 5. The molecule has 0 spiro atoms. The molecule has 0 aromatic carbocycles. The number of aromatic nitrogens is 1. The maximum absolute atomic E-state index is 12.0. The predicted octanol–water partition coefficient (Wildman–Crippen LogP) is 2.08. The van der Waals surface area contributed by atoms with Crippen molar-refractivity contribution in [3.63, 3.8) is 0 Å². The van der Waals surface area contributed by atoms with Gasteiger partial charge in [-0.2, -0.15) is 11.8 Å². The van der Waals surface area contributed by atoms with Crippen LogP contribution in [0.15, 0.2) is 5.38 Å². The van der Waals surface area contributed by atoms with Gasteiger partial charge in [-0.05, 0) is 32.1 Å². The van der Waals surface area contributed by atoms with E-state index < -0.39 is 0 Å². The second-order valence-electron chi connectivity index (χ2n) is 4.75. The minimum absolute atomic E-state index is 0. The van der Waals surface area contributed by atoms with E-state index in [9.17, 15) is 4.79 Å². The average Bonchev–Trinajstić information content (AvgIpc) is 2.97. The minimum Gasteiger partial charge on any atom is -0.349 e. The van der Waals surface area contributed by atoms with Crippen molar-refractivity contribution in [1.29, 1.82) is 0 Å². The molecule has 2 heterocycles. The molecular formula is C12H20ClN3OS2. The van der Waals surface area contributed by atoms with Gasteiger partial charge in [-0.15, -0.1) is 23.7 Å². The van der Waals surface area contributed by atoms with E-state index in [0.29, 0.717) is 12.2 Å². The van der Waals surface area contributed by atoms with Gasteiger partial charge in [0.05, 0.1) is 5.01 Å². The number of amides is 1. The Kier molecular flexibility index (Phi) is 6.59. The molecule has 1 aromatic rings. The van der Waals surface area contributed by atoms with Crippen LogP contribution in [0.1, 0.15) is 35.3 Å². The second kappa shape index (κ2) is 7.47. The van der Waals surface area contributed by atoms with Gasteiger partial charge < -0.3 is 11.1 Å². The molecule has 1 amide bonds. The van der Waals surface area contributed by atoms with Gasteiger partial charge in [0, 0.05) is 23.1 Å². The molecule has 108 valence electrons. The Bertz CT molecular complexity index is 419. The van der Waals surface area contributed by atoms with Crippen LogP contribution in [0.2, 0.25) is 0 Å². The molecule has 1 aliphatic rings. The van der Waals surface area contributed by atoms with E-state index >= 15 is 0 Å². The van der Waals surface area contributed by atoms with Crippen LogP contribution in [0, 0.1) is 0 Å². The molecule has 1 aliphatic heterocycles. The van der Waals surface area contributed by atoms with Crippen LogP contribution in [0.4, 0.5) is 0 Å². The summed E-state index contributed by atoms with van der Waals surface area (Å²) in [4.78, 5) is 16.2. The third-order valence-electron chi connectivity index (χ3n) is 3.07. The smallest absolute Gasteiger partial charge is 0.270 e. The van der Waals surface area contributed by atoms with Gasteiger partial charge in [-0.1, -0.05) is 0 Å². The fourth-order valence-electron chi connectivity index (χ4n) is 1.99. The summed E-state index contributed by atoms with van der Waals surface area (Å²) < 4.78 is 0.200. The number of thiazole rings is 1. The highest BCUT2D eigenvalue weighted by atomic mass is 35.5. The molecule has 1 aromatic heterocycles. The van der Waals surface area contributed by atoms with Crippen LogP contribution in [-0.2, 0) is 6.42 Å². The number of nitrogens with two attached hydrogens (primary N) is 1. The van der Waals surface area contributed by atoms with Gasteiger partial charge in [0.1, 0.15) is 5.69 Å². The summed E-state index contributed by atoms with van der Waals surface area (Å²) in [6.07, 6.45) is 3.16. The van der Waals surface area contributed by atoms with E-state index in [-0.39, 0.29) is 23.1 Å². The van der Waals surface area contributed by atoms with Gasteiger partial charge in [-0.3, -0.25) is 4.79 Å². The van der Waals surface area contributed by atoms with E-state index in [2.05, 4.69) is 17.2 Å². The van der Waals surface area contributed by atoms with Crippen molar-refractivity contribution < 1.29 is 4.79 Å². The standard InChI is InChI=1S/C12H19N3OS2.ClH/c1-12(4-2-6-18-12)8-14-11(16)9-7-17-10(15-9)3-5-13;/h7H,2-6,8,13H2,1H3,(H,14,16);1H. The van der Waals surface area contributed by atoms with E-state index in [1.165, 1.54) is 29.9 Å². The van der Waals surface area contributed by atoms with Gasteiger partial charge in [0.25, 0.3) is 5.91 Å². The molecule has 2 rings (SSSR count). The molecule has 1 saturated heterocycles. The Morgan fingerprint density at radius 3 is 3.05 bits per heavy atom. The summed E-state index contributed by atoms with van der Waals surface area (Å²) in [5.41, 5.74) is 5.99. The van der Waals surface area contributed by atoms with Crippen molar-refractivity contribution in [2.24, 2.45) is 5.73 Å². The topological polar surface area (TPSA) is 68.0 Å². The minimum atomic E-state index is -0.0664. The van der Waals surface area contributed by atoms with Crippen molar-refractivity contribution in [1.82, 2.24) is 10.3 Å². The number of halogens is 1. The zero-order valence-corrected chi connectivity index (χ0v) is 13.4. The summed E-state index contributed by atoms with van der Waals surface area (Å²) in [5.74, 6) is 1.13. The molecule has 1 unspecified atom stereocenters. The first kappa shape index (κ1) is 16.8. The van der Waals surface area contributed by atoms with Crippen LogP contribution in [0.25, 0.3) is 0 Å². The zero-order valence-electron chi connectivity index (χ0n) is 11.0. The zero-order chi connectivity index (χ0) is 13.0. The maximum Gasteiger partial charge on any atom is 0.270 e. The largest absolute Gasteiger partial charge is 0.349 e. The fraction of sp³-hybridized carbons (Fsp3) is 0.667. The first-order valence-corrected chi connectivity index (χ1v) is 8.06. The highest BCUT2D eigenvalue weighted by molar-refractivity contribution is 8.00. The molecule has 1 fully saturated rings. The fourth-order valence-corrected chi connectivity index (χ4v) is 4.03. The Labute approximate surface area is 128 Å². The van der Waals surface area contributed by atoms with Crippen LogP contribution in [0.3, 0.4) is 0 Å². The van der Waals surface area contributed by atoms with Crippen molar-refractivity contribution in [3.8, 4) is 0 Å². The number of carbonyl (C=O) groups is 1. The molecule has 0 saturated carbocycles. The lowest BCUT2D eigenvalue weighted by Gasteiger charge is -2.22. The van der Waals surface area contributed by atoms with E-state index in [1.54, 1.807) is 0 Å². The first-order chi connectivity index (χ1) is 8.63. The number of hydrogen-bond donors (Lipinski definition) is 2. The lowest BCUT2D eigenvalue weighted by Crippen LogP contribution is -2.36. The molecule has 1 atom stereocenters. The van der Waals surface area contributed by atoms with Crippen molar-refractivity contribution in [2.75, 3.05) is 18.8 Å². The second-order valence-corrected chi connectivity index (χ2v) is 7.37. The Balaban J connectivity index is 0.00000180. The highest BCUT2D eigenvalue weighted by Gasteiger charge is 2.30. The Hall–Kier alpha value is -0.300. The van der Waals surface area contributed by atoms with Crippen molar-refractivity contribution in [3.05, 3.63) is 16.1 Å². The number of nitrogens with one attached hydrogen (secondary N) is 1. The summed E-state index contributed by atoms with van der Waals surface area (Å²) in [6, 6.07) is 0. The van der Waals surface area contributed by atoms with E-state index in [0.717, 1.165) is 18.0 Å². The van der Waals surface area contributed by atoms with E-state index in [1.807, 2.05) is 17.1 Å². The number of thioether (sulfide) groups is 1. The SMILES string of the molecule is CC1(CNC(=O)c2csc(CCN)n2)CCCS1.Cl. The van der Waals surface area contributed by atoms with Gasteiger partial charge in [0.15, 0.2) is 0 Å². The molecule has 3 N–H and O–H groups in total. The normalized spacial score (nSPS) is 22.0. The van der Waals surface area contributed by atoms with Gasteiger partial charge >= 0.3 is 0 Å². The number of rotatable bonds is 5. The maximum atomic E-state index is 12.0. The molecule has 0 aliphatic carbocycles. The predicted molar refractivity (Wildman–Crippen MR) is 84.6 cm³/mol. The van der Waals surface area contributed by atoms with Crippen molar-refractivity contribution >= 4 is 41.4 Å². The monoisotopic (exact) mass is 321 g/mol. The molecule has 19 heavy (non-hydrogen) atoms. The van der Waals surface area contributed by atoms with Crippen LogP contribution < -0.4 is 11.1 Å². The van der Waals surface area contributed by atoms with E-state index in [4.69, 9.17) is 5.73 Å². The van der Waals surface area contributed by atoms with Crippen LogP contribution >= 0.6 is 35.5 Å². The third-order valence-corrected chi connectivity index (χ3v) is 5.51. The van der Waals surface area contributed by atoms with Crippen molar-refractivity contribution in [2.45, 2.75) is 30.9 Å². The van der Waals surface area contributed by atoms with Gasteiger partial charge in [-0.25, -0.2) is 4.98 Å². The number of nitrogens with zero attached hydrogens (tertiary/aromatic N) is 1. The summed E-state index contributed by atoms with van der Waals surface area (Å²) in [7, 11) is 0. The Morgan fingerprint density at radius 2 is 2.42 bits per heavy atom. The molecular weight excluding hydrogens is 302 g/mol. The lowest BCUT2D eigenvalue weighted by molar-refractivity contribution is 0.0945. The number of carbonyl (C=O) groups excluding carboxylic acids is 1. The summed E-state index contributed by atoms with van der Waals surface area (Å²) >= 11 is 3.45. The molecule has 0 bridgehead atoms. The quantitative estimate of drug-likeness (QED) is 0.871. The third kappa shape index (κ3) is 4.63. The molecule has 7 heteroatoms. The lowest BCUT2D eigenvalue weighted by atomic mass is 10.1. The molecule has 0 radical (unpaired) electrons. The Morgan fingerprint density at radius 1 is 1.63 bits per heavy atom. The highest BCUT2D eigenvalue weighted by Crippen LogP contribution is 2.36.